The first-order valence-electron chi connectivity index (χ1n) is 6.08. The highest BCUT2D eigenvalue weighted by atomic mass is 16.5. The van der Waals surface area contributed by atoms with Crippen LogP contribution < -0.4 is 10.5 Å². The predicted molar refractivity (Wildman–Crippen MR) is 70.2 cm³/mol. The minimum Gasteiger partial charge on any atom is -0.497 e. The van der Waals surface area contributed by atoms with Crippen LogP contribution in [-0.2, 0) is 16.1 Å². The largest absolute Gasteiger partial charge is 0.497 e. The van der Waals surface area contributed by atoms with E-state index in [9.17, 15) is 4.79 Å². The van der Waals surface area contributed by atoms with E-state index in [0.717, 1.165) is 11.3 Å². The normalized spacial score (nSPS) is 12.3. The van der Waals surface area contributed by atoms with Crippen molar-refractivity contribution in [1.29, 1.82) is 0 Å². The van der Waals surface area contributed by atoms with Crippen molar-refractivity contribution in [3.05, 3.63) is 29.8 Å². The third kappa shape index (κ3) is 4.04. The minimum absolute atomic E-state index is 0.193. The van der Waals surface area contributed by atoms with Crippen LogP contribution in [0.4, 0.5) is 0 Å². The molecule has 0 aliphatic carbocycles. The number of nitrogens with two attached hydrogens (primary N) is 1. The summed E-state index contributed by atoms with van der Waals surface area (Å²) in [5, 5.41) is 0. The van der Waals surface area contributed by atoms with Gasteiger partial charge in [0.15, 0.2) is 0 Å². The lowest BCUT2D eigenvalue weighted by molar-refractivity contribution is -0.151. The molecule has 0 aliphatic rings. The second-order valence-electron chi connectivity index (χ2n) is 4.54. The average molecular weight is 251 g/mol. The Bertz CT molecular complexity index is 373. The lowest BCUT2D eigenvalue weighted by Crippen LogP contribution is -2.29. The van der Waals surface area contributed by atoms with Gasteiger partial charge in [-0.25, -0.2) is 0 Å². The fourth-order valence-electron chi connectivity index (χ4n) is 1.62. The zero-order valence-electron chi connectivity index (χ0n) is 11.2. The monoisotopic (exact) mass is 251 g/mol. The number of hydrogen-bond acceptors (Lipinski definition) is 4. The Balaban J connectivity index is 2.51. The van der Waals surface area contributed by atoms with Gasteiger partial charge in [0.2, 0.25) is 0 Å². The van der Waals surface area contributed by atoms with Crippen LogP contribution >= 0.6 is 0 Å². The van der Waals surface area contributed by atoms with Gasteiger partial charge in [-0.2, -0.15) is 0 Å². The SMILES string of the molecule is COc1ccc(COC(=O)C(CN)C(C)C)cc1. The van der Waals surface area contributed by atoms with Gasteiger partial charge >= 0.3 is 5.97 Å². The molecule has 0 fully saturated rings. The molecule has 1 aromatic carbocycles. The van der Waals surface area contributed by atoms with Crippen molar-refractivity contribution in [3.63, 3.8) is 0 Å². The maximum absolute atomic E-state index is 11.8. The molecule has 0 saturated carbocycles. The average Bonchev–Trinajstić information content (AvgIpc) is 2.37. The van der Waals surface area contributed by atoms with Gasteiger partial charge in [-0.15, -0.1) is 0 Å². The van der Waals surface area contributed by atoms with E-state index < -0.39 is 0 Å². The highest BCUT2D eigenvalue weighted by molar-refractivity contribution is 5.73. The van der Waals surface area contributed by atoms with Gasteiger partial charge in [-0.05, 0) is 23.6 Å². The topological polar surface area (TPSA) is 61.5 Å². The highest BCUT2D eigenvalue weighted by Gasteiger charge is 2.21. The molecule has 4 heteroatoms. The second-order valence-corrected chi connectivity index (χ2v) is 4.54. The molecule has 2 N–H and O–H groups in total. The Morgan fingerprint density at radius 3 is 2.33 bits per heavy atom. The number of rotatable bonds is 6. The fraction of sp³-hybridized carbons (Fsp3) is 0.500. The van der Waals surface area contributed by atoms with Gasteiger partial charge in [0.05, 0.1) is 13.0 Å². The van der Waals surface area contributed by atoms with E-state index in [-0.39, 0.29) is 24.4 Å². The standard InChI is InChI=1S/C14H21NO3/c1-10(2)13(8-15)14(16)18-9-11-4-6-12(17-3)7-5-11/h4-7,10,13H,8-9,15H2,1-3H3. The van der Waals surface area contributed by atoms with Crippen molar-refractivity contribution in [1.82, 2.24) is 0 Å². The van der Waals surface area contributed by atoms with Crippen LogP contribution in [0.5, 0.6) is 5.75 Å². The molecule has 0 radical (unpaired) electrons. The van der Waals surface area contributed by atoms with Gasteiger partial charge < -0.3 is 15.2 Å². The maximum atomic E-state index is 11.8. The number of carbonyl (C=O) groups excluding carboxylic acids is 1. The van der Waals surface area contributed by atoms with Crippen LogP contribution in [0, 0.1) is 11.8 Å². The minimum atomic E-state index is -0.233. The van der Waals surface area contributed by atoms with Gasteiger partial charge in [-0.3, -0.25) is 4.79 Å². The summed E-state index contributed by atoms with van der Waals surface area (Å²) >= 11 is 0. The third-order valence-corrected chi connectivity index (χ3v) is 2.90. The van der Waals surface area contributed by atoms with Crippen molar-refractivity contribution in [2.45, 2.75) is 20.5 Å². The van der Waals surface area contributed by atoms with Crippen molar-refractivity contribution in [2.75, 3.05) is 13.7 Å². The van der Waals surface area contributed by atoms with E-state index in [1.54, 1.807) is 7.11 Å². The summed E-state index contributed by atoms with van der Waals surface area (Å²) in [6.45, 7) is 4.52. The Morgan fingerprint density at radius 2 is 1.89 bits per heavy atom. The first-order valence-corrected chi connectivity index (χ1v) is 6.08. The molecule has 1 atom stereocenters. The summed E-state index contributed by atoms with van der Waals surface area (Å²) < 4.78 is 10.3. The number of esters is 1. The number of methoxy groups -OCH3 is 1. The summed E-state index contributed by atoms with van der Waals surface area (Å²) in [5.74, 6) is 0.511. The fourth-order valence-corrected chi connectivity index (χ4v) is 1.62. The second kappa shape index (κ2) is 7.01. The quantitative estimate of drug-likeness (QED) is 0.785. The molecule has 18 heavy (non-hydrogen) atoms. The summed E-state index contributed by atoms with van der Waals surface area (Å²) in [7, 11) is 1.61. The lowest BCUT2D eigenvalue weighted by atomic mass is 9.96. The predicted octanol–water partition coefficient (Wildman–Crippen LogP) is 1.97. The van der Waals surface area contributed by atoms with E-state index >= 15 is 0 Å². The van der Waals surface area contributed by atoms with Crippen LogP contribution in [0.3, 0.4) is 0 Å². The Labute approximate surface area is 108 Å². The van der Waals surface area contributed by atoms with Gasteiger partial charge in [0.1, 0.15) is 12.4 Å². The number of hydrogen-bond donors (Lipinski definition) is 1. The molecule has 0 amide bonds. The first-order chi connectivity index (χ1) is 8.58. The van der Waals surface area contributed by atoms with Crippen LogP contribution in [0.1, 0.15) is 19.4 Å². The Hall–Kier alpha value is -1.55. The number of benzene rings is 1. The van der Waals surface area contributed by atoms with E-state index in [2.05, 4.69) is 0 Å². The molecule has 0 saturated heterocycles. The number of ether oxygens (including phenoxy) is 2. The smallest absolute Gasteiger partial charge is 0.310 e. The van der Waals surface area contributed by atoms with E-state index in [1.807, 2.05) is 38.1 Å². The third-order valence-electron chi connectivity index (χ3n) is 2.90. The van der Waals surface area contributed by atoms with Crippen molar-refractivity contribution in [3.8, 4) is 5.75 Å². The molecule has 1 rings (SSSR count). The summed E-state index contributed by atoms with van der Waals surface area (Å²) in [6, 6.07) is 7.43. The molecule has 100 valence electrons. The Morgan fingerprint density at radius 1 is 1.28 bits per heavy atom. The molecule has 0 aromatic heterocycles. The molecular weight excluding hydrogens is 230 g/mol. The molecule has 0 heterocycles. The summed E-state index contributed by atoms with van der Waals surface area (Å²) in [5.41, 5.74) is 6.50. The van der Waals surface area contributed by atoms with Crippen LogP contribution in [0.25, 0.3) is 0 Å². The van der Waals surface area contributed by atoms with Gasteiger partial charge in [0.25, 0.3) is 0 Å². The van der Waals surface area contributed by atoms with Gasteiger partial charge in [0, 0.05) is 6.54 Å². The van der Waals surface area contributed by atoms with Gasteiger partial charge in [-0.1, -0.05) is 26.0 Å². The van der Waals surface area contributed by atoms with E-state index in [0.29, 0.717) is 6.54 Å². The van der Waals surface area contributed by atoms with E-state index in [1.165, 1.54) is 0 Å². The molecule has 0 aliphatic heterocycles. The molecule has 4 nitrogen and oxygen atoms in total. The van der Waals surface area contributed by atoms with Crippen molar-refractivity contribution in [2.24, 2.45) is 17.6 Å². The molecule has 1 unspecified atom stereocenters. The summed E-state index contributed by atoms with van der Waals surface area (Å²) in [6.07, 6.45) is 0. The Kier molecular flexibility index (Phi) is 5.65. The van der Waals surface area contributed by atoms with Crippen molar-refractivity contribution >= 4 is 5.97 Å². The van der Waals surface area contributed by atoms with Crippen LogP contribution in [0.2, 0.25) is 0 Å². The highest BCUT2D eigenvalue weighted by Crippen LogP contribution is 2.15. The first kappa shape index (κ1) is 14.5. The zero-order chi connectivity index (χ0) is 13.5. The van der Waals surface area contributed by atoms with Crippen LogP contribution in [-0.4, -0.2) is 19.6 Å². The van der Waals surface area contributed by atoms with Crippen molar-refractivity contribution < 1.29 is 14.3 Å². The molecule has 0 spiro atoms. The van der Waals surface area contributed by atoms with E-state index in [4.69, 9.17) is 15.2 Å². The molecule has 1 aromatic rings. The maximum Gasteiger partial charge on any atom is 0.310 e. The number of carbonyl (C=O) groups is 1. The zero-order valence-corrected chi connectivity index (χ0v) is 11.2. The lowest BCUT2D eigenvalue weighted by Gasteiger charge is -2.17. The summed E-state index contributed by atoms with van der Waals surface area (Å²) in [4.78, 5) is 11.8. The van der Waals surface area contributed by atoms with Crippen LogP contribution in [0.15, 0.2) is 24.3 Å². The molecule has 0 bridgehead atoms. The molecular formula is C14H21NO3.